The summed E-state index contributed by atoms with van der Waals surface area (Å²) in [4.78, 5) is 11.5. The van der Waals surface area contributed by atoms with Gasteiger partial charge in [-0.3, -0.25) is 4.79 Å². The van der Waals surface area contributed by atoms with Crippen molar-refractivity contribution in [3.63, 3.8) is 0 Å². The maximum atomic E-state index is 11.5. The Labute approximate surface area is 109 Å². The fraction of sp³-hybridized carbons (Fsp3) is 0.800. The molecular weight excluding hydrogens is 228 g/mol. The molecule has 0 saturated heterocycles. The number of carboxylic acid groups (broad SMARTS) is 1. The van der Waals surface area contributed by atoms with Crippen molar-refractivity contribution >= 4 is 5.97 Å². The van der Waals surface area contributed by atoms with Crippen molar-refractivity contribution in [2.24, 2.45) is 23.2 Å². The molecular formula is C15H24O3. The average molecular weight is 252 g/mol. The van der Waals surface area contributed by atoms with Gasteiger partial charge >= 0.3 is 5.97 Å². The highest BCUT2D eigenvalue weighted by Gasteiger charge is 2.58. The Kier molecular flexibility index (Phi) is 3.54. The molecule has 3 nitrogen and oxygen atoms in total. The number of aliphatic carboxylic acids is 1. The maximum absolute atomic E-state index is 11.5. The summed E-state index contributed by atoms with van der Waals surface area (Å²) in [6, 6.07) is 0. The molecule has 3 heteroatoms. The summed E-state index contributed by atoms with van der Waals surface area (Å²) >= 11 is 0. The minimum Gasteiger partial charge on any atom is -0.481 e. The van der Waals surface area contributed by atoms with Crippen LogP contribution in [0.3, 0.4) is 0 Å². The van der Waals surface area contributed by atoms with Crippen LogP contribution in [0.5, 0.6) is 0 Å². The maximum Gasteiger partial charge on any atom is 0.307 e. The smallest absolute Gasteiger partial charge is 0.307 e. The zero-order valence-corrected chi connectivity index (χ0v) is 11.5. The van der Waals surface area contributed by atoms with Gasteiger partial charge < -0.3 is 10.2 Å². The van der Waals surface area contributed by atoms with Gasteiger partial charge in [-0.25, -0.2) is 0 Å². The van der Waals surface area contributed by atoms with Gasteiger partial charge in [-0.15, -0.1) is 0 Å². The standard InChI is InChI=1S/C15H24O3/c1-9(2)11-4-5-12(14(17)18)15(11)7-6-10(3)8-13(15)16/h6,9,11-13,16H,4-5,7-8H2,1-3H3,(H,17,18)/t11-,12+,13+,15-/m0/s1. The van der Waals surface area contributed by atoms with E-state index in [2.05, 4.69) is 19.9 Å². The molecule has 0 amide bonds. The second-order valence-corrected chi connectivity index (χ2v) is 6.41. The molecule has 0 aromatic rings. The van der Waals surface area contributed by atoms with E-state index in [0.717, 1.165) is 12.8 Å². The Morgan fingerprint density at radius 1 is 1.44 bits per heavy atom. The SMILES string of the molecule is CC1=CC[C@@]2([C@H](O)C1)[C@@H](C(=O)O)CC[C@H]2C(C)C. The number of aliphatic hydroxyl groups excluding tert-OH is 1. The minimum absolute atomic E-state index is 0.318. The van der Waals surface area contributed by atoms with E-state index in [4.69, 9.17) is 0 Å². The molecule has 1 saturated carbocycles. The van der Waals surface area contributed by atoms with E-state index in [1.165, 1.54) is 5.57 Å². The van der Waals surface area contributed by atoms with Gasteiger partial charge in [-0.2, -0.15) is 0 Å². The average Bonchev–Trinajstić information content (AvgIpc) is 2.64. The Hall–Kier alpha value is -0.830. The van der Waals surface area contributed by atoms with Gasteiger partial charge in [-0.05, 0) is 44.4 Å². The van der Waals surface area contributed by atoms with E-state index in [1.807, 2.05) is 6.92 Å². The fourth-order valence-electron chi connectivity index (χ4n) is 4.29. The van der Waals surface area contributed by atoms with Crippen molar-refractivity contribution in [2.75, 3.05) is 0 Å². The highest BCUT2D eigenvalue weighted by Crippen LogP contribution is 2.58. The predicted octanol–water partition coefficient (Wildman–Crippen LogP) is 2.84. The van der Waals surface area contributed by atoms with Gasteiger partial charge in [0.25, 0.3) is 0 Å². The number of hydrogen-bond acceptors (Lipinski definition) is 2. The van der Waals surface area contributed by atoms with E-state index >= 15 is 0 Å². The quantitative estimate of drug-likeness (QED) is 0.743. The van der Waals surface area contributed by atoms with Crippen LogP contribution in [0.1, 0.15) is 46.5 Å². The minimum atomic E-state index is -0.731. The Bertz CT molecular complexity index is 372. The van der Waals surface area contributed by atoms with Crippen molar-refractivity contribution < 1.29 is 15.0 Å². The van der Waals surface area contributed by atoms with Crippen LogP contribution in [0.4, 0.5) is 0 Å². The first kappa shape index (κ1) is 13.6. The van der Waals surface area contributed by atoms with Gasteiger partial charge in [0.15, 0.2) is 0 Å². The molecule has 2 aliphatic carbocycles. The normalized spacial score (nSPS) is 40.3. The molecule has 0 aromatic heterocycles. The largest absolute Gasteiger partial charge is 0.481 e. The first-order chi connectivity index (χ1) is 8.39. The molecule has 0 unspecified atom stereocenters. The monoisotopic (exact) mass is 252 g/mol. The number of carboxylic acids is 1. The van der Waals surface area contributed by atoms with E-state index in [1.54, 1.807) is 0 Å². The lowest BCUT2D eigenvalue weighted by Crippen LogP contribution is -2.48. The molecule has 18 heavy (non-hydrogen) atoms. The van der Waals surface area contributed by atoms with Crippen molar-refractivity contribution in [3.8, 4) is 0 Å². The molecule has 2 N–H and O–H groups in total. The van der Waals surface area contributed by atoms with Crippen LogP contribution in [0.15, 0.2) is 11.6 Å². The molecule has 0 radical (unpaired) electrons. The number of rotatable bonds is 2. The summed E-state index contributed by atoms with van der Waals surface area (Å²) in [5.41, 5.74) is 0.756. The van der Waals surface area contributed by atoms with E-state index in [9.17, 15) is 15.0 Å². The lowest BCUT2D eigenvalue weighted by atomic mass is 9.59. The third-order valence-corrected chi connectivity index (χ3v) is 5.15. The Morgan fingerprint density at radius 3 is 2.61 bits per heavy atom. The molecule has 1 fully saturated rings. The summed E-state index contributed by atoms with van der Waals surface area (Å²) in [6.07, 6.45) is 4.63. The molecule has 1 spiro atoms. The molecule has 4 atom stereocenters. The lowest BCUT2D eigenvalue weighted by molar-refractivity contribution is -0.152. The summed E-state index contributed by atoms with van der Waals surface area (Å²) < 4.78 is 0. The predicted molar refractivity (Wildman–Crippen MR) is 70.1 cm³/mol. The first-order valence-electron chi connectivity index (χ1n) is 6.96. The molecule has 2 aliphatic rings. The summed E-state index contributed by atoms with van der Waals surface area (Å²) in [5, 5.41) is 20.0. The molecule has 0 heterocycles. The molecule has 102 valence electrons. The van der Waals surface area contributed by atoms with Crippen molar-refractivity contribution in [2.45, 2.75) is 52.6 Å². The number of carbonyl (C=O) groups is 1. The summed E-state index contributed by atoms with van der Waals surface area (Å²) in [6.45, 7) is 6.31. The van der Waals surface area contributed by atoms with Crippen LogP contribution in [0.25, 0.3) is 0 Å². The highest BCUT2D eigenvalue weighted by atomic mass is 16.4. The van der Waals surface area contributed by atoms with Crippen LogP contribution in [-0.4, -0.2) is 22.3 Å². The van der Waals surface area contributed by atoms with Gasteiger partial charge in [0.2, 0.25) is 0 Å². The van der Waals surface area contributed by atoms with Gasteiger partial charge in [0, 0.05) is 5.41 Å². The van der Waals surface area contributed by atoms with Crippen molar-refractivity contribution in [1.82, 2.24) is 0 Å². The van der Waals surface area contributed by atoms with Gasteiger partial charge in [-0.1, -0.05) is 25.5 Å². The number of allylic oxidation sites excluding steroid dienone is 1. The van der Waals surface area contributed by atoms with Crippen LogP contribution in [0, 0.1) is 23.2 Å². The zero-order valence-electron chi connectivity index (χ0n) is 11.5. The van der Waals surface area contributed by atoms with Crippen LogP contribution < -0.4 is 0 Å². The molecule has 0 aromatic carbocycles. The summed E-state index contributed by atoms with van der Waals surface area (Å²) in [5.74, 6) is -0.372. The second-order valence-electron chi connectivity index (χ2n) is 6.41. The molecule has 2 rings (SSSR count). The highest BCUT2D eigenvalue weighted by molar-refractivity contribution is 5.72. The van der Waals surface area contributed by atoms with Crippen molar-refractivity contribution in [3.05, 3.63) is 11.6 Å². The number of aliphatic hydroxyl groups is 1. The topological polar surface area (TPSA) is 57.5 Å². The fourth-order valence-corrected chi connectivity index (χ4v) is 4.29. The van der Waals surface area contributed by atoms with Gasteiger partial charge in [0.1, 0.15) is 0 Å². The van der Waals surface area contributed by atoms with Crippen LogP contribution in [-0.2, 0) is 4.79 Å². The zero-order chi connectivity index (χ0) is 13.5. The lowest BCUT2D eigenvalue weighted by Gasteiger charge is -2.46. The van der Waals surface area contributed by atoms with Crippen LogP contribution in [0.2, 0.25) is 0 Å². The summed E-state index contributed by atoms with van der Waals surface area (Å²) in [7, 11) is 0. The van der Waals surface area contributed by atoms with E-state index in [-0.39, 0.29) is 5.92 Å². The van der Waals surface area contributed by atoms with Gasteiger partial charge in [0.05, 0.1) is 12.0 Å². The molecule has 0 aliphatic heterocycles. The Morgan fingerprint density at radius 2 is 2.11 bits per heavy atom. The second kappa shape index (κ2) is 4.69. The van der Waals surface area contributed by atoms with E-state index in [0.29, 0.717) is 24.7 Å². The van der Waals surface area contributed by atoms with E-state index < -0.39 is 17.5 Å². The third kappa shape index (κ3) is 1.89. The first-order valence-corrected chi connectivity index (χ1v) is 6.96. The third-order valence-electron chi connectivity index (χ3n) is 5.15. The van der Waals surface area contributed by atoms with Crippen molar-refractivity contribution in [1.29, 1.82) is 0 Å². The van der Waals surface area contributed by atoms with Crippen LogP contribution >= 0.6 is 0 Å². The number of hydrogen-bond donors (Lipinski definition) is 2. The molecule has 0 bridgehead atoms. The Balaban J connectivity index is 2.42.